The number of hydrogen-bond acceptors (Lipinski definition) is 7. The van der Waals surface area contributed by atoms with Crippen molar-refractivity contribution < 1.29 is 22.5 Å². The fourth-order valence-electron chi connectivity index (χ4n) is 3.79. The van der Waals surface area contributed by atoms with Gasteiger partial charge in [0.25, 0.3) is 0 Å². The number of piperazine rings is 1. The number of methoxy groups -OCH3 is 1. The smallest absolute Gasteiger partial charge is 0.243 e. The summed E-state index contributed by atoms with van der Waals surface area (Å²) < 4.78 is 37.8. The van der Waals surface area contributed by atoms with Gasteiger partial charge in [0, 0.05) is 44.6 Å². The number of carbonyl (C=O) groups excluding carboxylic acids is 1. The van der Waals surface area contributed by atoms with Crippen LogP contribution in [0.4, 0.5) is 0 Å². The van der Waals surface area contributed by atoms with Crippen molar-refractivity contribution in [2.45, 2.75) is 31.6 Å². The average molecular weight is 485 g/mol. The summed E-state index contributed by atoms with van der Waals surface area (Å²) in [6, 6.07) is 12.5. The number of ether oxygens (including phenoxy) is 1. The predicted octanol–water partition coefficient (Wildman–Crippen LogP) is 2.83. The zero-order valence-electron chi connectivity index (χ0n) is 19.5. The normalized spacial score (nSPS) is 14.9. The lowest BCUT2D eigenvalue weighted by Gasteiger charge is -2.34. The van der Waals surface area contributed by atoms with Gasteiger partial charge in [-0.05, 0) is 61.4 Å². The SMILES string of the molecule is COc1ccc(-c2noc(CCC(=O)N3CCN(S(=O)(=O)c4ccc(C)c(C)c4)CC3)n2)cc1. The van der Waals surface area contributed by atoms with Crippen LogP contribution in [-0.2, 0) is 21.2 Å². The summed E-state index contributed by atoms with van der Waals surface area (Å²) in [5, 5.41) is 3.98. The summed E-state index contributed by atoms with van der Waals surface area (Å²) in [5.41, 5.74) is 2.78. The first-order valence-corrected chi connectivity index (χ1v) is 12.5. The van der Waals surface area contributed by atoms with E-state index in [1.165, 1.54) is 4.31 Å². The first kappa shape index (κ1) is 23.9. The lowest BCUT2D eigenvalue weighted by molar-refractivity contribution is -0.132. The quantitative estimate of drug-likeness (QED) is 0.508. The molecule has 0 unspecified atom stereocenters. The maximum atomic E-state index is 13.0. The second-order valence-corrected chi connectivity index (χ2v) is 10.2. The Bertz CT molecular complexity index is 1260. The van der Waals surface area contributed by atoms with Crippen molar-refractivity contribution in [2.24, 2.45) is 0 Å². The van der Waals surface area contributed by atoms with Crippen molar-refractivity contribution in [2.75, 3.05) is 33.3 Å². The molecule has 2 aromatic carbocycles. The summed E-state index contributed by atoms with van der Waals surface area (Å²) in [4.78, 5) is 19.0. The van der Waals surface area contributed by atoms with E-state index in [1.54, 1.807) is 24.1 Å². The summed E-state index contributed by atoms with van der Waals surface area (Å²) >= 11 is 0. The second-order valence-electron chi connectivity index (χ2n) is 8.27. The highest BCUT2D eigenvalue weighted by atomic mass is 32.2. The van der Waals surface area contributed by atoms with Crippen molar-refractivity contribution in [3.8, 4) is 17.1 Å². The van der Waals surface area contributed by atoms with Crippen molar-refractivity contribution in [3.63, 3.8) is 0 Å². The van der Waals surface area contributed by atoms with Crippen LogP contribution < -0.4 is 4.74 Å². The molecule has 1 amide bonds. The van der Waals surface area contributed by atoms with Crippen LogP contribution in [0.15, 0.2) is 51.9 Å². The van der Waals surface area contributed by atoms with Crippen LogP contribution in [0, 0.1) is 13.8 Å². The van der Waals surface area contributed by atoms with Gasteiger partial charge in [0.15, 0.2) is 0 Å². The van der Waals surface area contributed by atoms with Gasteiger partial charge in [0.1, 0.15) is 5.75 Å². The Morgan fingerprint density at radius 3 is 2.38 bits per heavy atom. The van der Waals surface area contributed by atoms with Gasteiger partial charge in [0.2, 0.25) is 27.6 Å². The third-order valence-electron chi connectivity index (χ3n) is 6.08. The van der Waals surface area contributed by atoms with E-state index in [0.29, 0.717) is 36.1 Å². The zero-order valence-corrected chi connectivity index (χ0v) is 20.3. The fourth-order valence-corrected chi connectivity index (χ4v) is 5.29. The molecule has 1 fully saturated rings. The number of sulfonamides is 1. The van der Waals surface area contributed by atoms with Crippen LogP contribution in [0.5, 0.6) is 5.75 Å². The fraction of sp³-hybridized carbons (Fsp3) is 0.375. The molecule has 34 heavy (non-hydrogen) atoms. The number of hydrogen-bond donors (Lipinski definition) is 0. The third-order valence-corrected chi connectivity index (χ3v) is 7.97. The van der Waals surface area contributed by atoms with Crippen molar-refractivity contribution in [3.05, 3.63) is 59.5 Å². The van der Waals surface area contributed by atoms with Crippen LogP contribution in [0.2, 0.25) is 0 Å². The maximum absolute atomic E-state index is 13.0. The average Bonchev–Trinajstić information content (AvgIpc) is 3.33. The van der Waals surface area contributed by atoms with E-state index in [9.17, 15) is 13.2 Å². The molecular weight excluding hydrogens is 456 g/mol. The molecule has 0 radical (unpaired) electrons. The van der Waals surface area contributed by atoms with Crippen molar-refractivity contribution in [1.29, 1.82) is 0 Å². The lowest BCUT2D eigenvalue weighted by atomic mass is 10.1. The van der Waals surface area contributed by atoms with Crippen LogP contribution >= 0.6 is 0 Å². The molecule has 3 aromatic rings. The van der Waals surface area contributed by atoms with Crippen LogP contribution in [0.1, 0.15) is 23.4 Å². The largest absolute Gasteiger partial charge is 0.497 e. The monoisotopic (exact) mass is 484 g/mol. The van der Waals surface area contributed by atoms with E-state index in [1.807, 2.05) is 44.2 Å². The van der Waals surface area contributed by atoms with Gasteiger partial charge in [-0.25, -0.2) is 8.42 Å². The minimum atomic E-state index is -3.58. The Kier molecular flexibility index (Phi) is 6.99. The molecule has 9 nitrogen and oxygen atoms in total. The Morgan fingerprint density at radius 2 is 1.74 bits per heavy atom. The number of nitrogens with zero attached hydrogens (tertiary/aromatic N) is 4. The summed E-state index contributed by atoms with van der Waals surface area (Å²) in [6.45, 7) is 5.08. The molecule has 10 heteroatoms. The third kappa shape index (κ3) is 5.13. The number of carbonyl (C=O) groups is 1. The van der Waals surface area contributed by atoms with E-state index in [4.69, 9.17) is 9.26 Å². The molecule has 180 valence electrons. The predicted molar refractivity (Wildman–Crippen MR) is 126 cm³/mol. The van der Waals surface area contributed by atoms with Crippen LogP contribution in [0.3, 0.4) is 0 Å². The molecule has 0 spiro atoms. The number of amides is 1. The molecule has 1 aromatic heterocycles. The van der Waals surface area contributed by atoms with E-state index < -0.39 is 10.0 Å². The molecule has 1 aliphatic heterocycles. The summed E-state index contributed by atoms with van der Waals surface area (Å²) in [6.07, 6.45) is 0.539. The molecule has 4 rings (SSSR count). The molecule has 0 saturated carbocycles. The minimum absolute atomic E-state index is 0.0626. The topological polar surface area (TPSA) is 106 Å². The summed E-state index contributed by atoms with van der Waals surface area (Å²) in [7, 11) is -1.98. The highest BCUT2D eigenvalue weighted by Gasteiger charge is 2.30. The van der Waals surface area contributed by atoms with Gasteiger partial charge >= 0.3 is 0 Å². The van der Waals surface area contributed by atoms with Gasteiger partial charge in [-0.2, -0.15) is 9.29 Å². The number of rotatable bonds is 7. The lowest BCUT2D eigenvalue weighted by Crippen LogP contribution is -2.50. The van der Waals surface area contributed by atoms with Gasteiger partial charge in [-0.3, -0.25) is 4.79 Å². The van der Waals surface area contributed by atoms with Crippen LogP contribution in [0.25, 0.3) is 11.4 Å². The molecule has 0 bridgehead atoms. The second kappa shape index (κ2) is 9.94. The molecule has 0 atom stereocenters. The molecular formula is C24H28N4O5S. The standard InChI is InChI=1S/C24H28N4O5S/c1-17-4-9-21(16-18(17)2)34(30,31)28-14-12-27(13-15-28)23(29)11-10-22-25-24(26-33-22)19-5-7-20(32-3)8-6-19/h4-9,16H,10-15H2,1-3H3. The van der Waals surface area contributed by atoms with Gasteiger partial charge < -0.3 is 14.2 Å². The molecule has 0 aliphatic carbocycles. The highest BCUT2D eigenvalue weighted by Crippen LogP contribution is 2.22. The van der Waals surface area contributed by atoms with Gasteiger partial charge in [-0.15, -0.1) is 0 Å². The van der Waals surface area contributed by atoms with E-state index in [2.05, 4.69) is 10.1 Å². The highest BCUT2D eigenvalue weighted by molar-refractivity contribution is 7.89. The van der Waals surface area contributed by atoms with Gasteiger partial charge in [-0.1, -0.05) is 11.2 Å². The molecule has 2 heterocycles. The number of aromatic nitrogens is 2. The summed E-state index contributed by atoms with van der Waals surface area (Å²) in [5.74, 6) is 1.51. The Balaban J connectivity index is 1.30. The molecule has 1 aliphatic rings. The Hall–Kier alpha value is -3.24. The van der Waals surface area contributed by atoms with Crippen molar-refractivity contribution >= 4 is 15.9 Å². The van der Waals surface area contributed by atoms with E-state index >= 15 is 0 Å². The Morgan fingerprint density at radius 1 is 1.03 bits per heavy atom. The first-order chi connectivity index (χ1) is 16.3. The van der Waals surface area contributed by atoms with E-state index in [-0.39, 0.29) is 25.4 Å². The maximum Gasteiger partial charge on any atom is 0.243 e. The number of aryl methyl sites for hydroxylation is 3. The Labute approximate surface area is 199 Å². The first-order valence-electron chi connectivity index (χ1n) is 11.1. The van der Waals surface area contributed by atoms with E-state index in [0.717, 1.165) is 22.4 Å². The minimum Gasteiger partial charge on any atom is -0.497 e. The molecule has 1 saturated heterocycles. The molecule has 0 N–H and O–H groups in total. The van der Waals surface area contributed by atoms with Crippen LogP contribution in [-0.4, -0.2) is 67.0 Å². The zero-order chi connectivity index (χ0) is 24.3. The van der Waals surface area contributed by atoms with Gasteiger partial charge in [0.05, 0.1) is 12.0 Å². The van der Waals surface area contributed by atoms with Crippen molar-refractivity contribution in [1.82, 2.24) is 19.3 Å². The number of benzene rings is 2.